The van der Waals surface area contributed by atoms with Crippen LogP contribution >= 0.6 is 0 Å². The summed E-state index contributed by atoms with van der Waals surface area (Å²) >= 11 is 0. The van der Waals surface area contributed by atoms with Gasteiger partial charge in [0.05, 0.1) is 16.6 Å². The quantitative estimate of drug-likeness (QED) is 0.247. The molecule has 0 unspecified atom stereocenters. The first-order valence-electron chi connectivity index (χ1n) is 8.71. The van der Waals surface area contributed by atoms with Gasteiger partial charge in [-0.1, -0.05) is 60.2 Å². The number of hydrogen-bond acceptors (Lipinski definition) is 4. The average Bonchev–Trinajstić information content (AvgIpc) is 2.72. The lowest BCUT2D eigenvalue weighted by Crippen LogP contribution is -1.98. The minimum atomic E-state index is -0.430. The summed E-state index contributed by atoms with van der Waals surface area (Å²) in [4.78, 5) is 10.5. The minimum absolute atomic E-state index is 0.0282. The molecule has 0 saturated carbocycles. The van der Waals surface area contributed by atoms with Crippen LogP contribution in [0.3, 0.4) is 0 Å². The van der Waals surface area contributed by atoms with Gasteiger partial charge in [0.25, 0.3) is 5.69 Å². The third-order valence-electron chi connectivity index (χ3n) is 4.22. The van der Waals surface area contributed by atoms with Crippen LogP contribution in [0.4, 0.5) is 5.69 Å². The fourth-order valence-electron chi connectivity index (χ4n) is 2.72. The first kappa shape index (κ1) is 18.9. The summed E-state index contributed by atoms with van der Waals surface area (Å²) in [5.74, 6) is 0.605. The maximum absolute atomic E-state index is 10.9. The van der Waals surface area contributed by atoms with Crippen molar-refractivity contribution in [2.75, 3.05) is 0 Å². The first-order chi connectivity index (χ1) is 13.6. The van der Waals surface area contributed by atoms with Gasteiger partial charge < -0.3 is 4.74 Å². The highest BCUT2D eigenvalue weighted by Crippen LogP contribution is 2.26. The van der Waals surface area contributed by atoms with Crippen LogP contribution in [-0.4, -0.2) is 4.92 Å². The number of nitro groups is 1. The molecule has 5 nitrogen and oxygen atoms in total. The van der Waals surface area contributed by atoms with E-state index in [0.717, 1.165) is 16.7 Å². The Morgan fingerprint density at radius 2 is 1.86 bits per heavy atom. The molecule has 5 heteroatoms. The lowest BCUT2D eigenvalue weighted by atomic mass is 10.0. The second-order valence-electron chi connectivity index (χ2n) is 6.29. The molecule has 3 aromatic rings. The van der Waals surface area contributed by atoms with Crippen LogP contribution in [0.2, 0.25) is 0 Å². The van der Waals surface area contributed by atoms with Crippen molar-refractivity contribution in [3.63, 3.8) is 0 Å². The van der Waals surface area contributed by atoms with Gasteiger partial charge in [0.1, 0.15) is 12.4 Å². The molecular formula is C23H18N2O3. The average molecular weight is 370 g/mol. The van der Waals surface area contributed by atoms with E-state index in [-0.39, 0.29) is 12.3 Å². The maximum Gasteiger partial charge on any atom is 0.269 e. The molecule has 0 spiro atoms. The van der Waals surface area contributed by atoms with Crippen molar-refractivity contribution < 1.29 is 9.66 Å². The largest absolute Gasteiger partial charge is 0.488 e. The third-order valence-corrected chi connectivity index (χ3v) is 4.22. The topological polar surface area (TPSA) is 76.2 Å². The van der Waals surface area contributed by atoms with Crippen molar-refractivity contribution in [3.8, 4) is 11.8 Å². The van der Waals surface area contributed by atoms with Gasteiger partial charge in [-0.05, 0) is 30.2 Å². The number of non-ortho nitro benzene ring substituents is 1. The second-order valence-corrected chi connectivity index (χ2v) is 6.29. The molecule has 0 N–H and O–H groups in total. The Labute approximate surface area is 163 Å². The van der Waals surface area contributed by atoms with Gasteiger partial charge in [0.15, 0.2) is 0 Å². The standard InChI is InChI=1S/C23H18N2O3/c1-17-9-11-19(12-10-17)21(15-24)14-20-6-2-3-8-23(20)28-16-18-5-4-7-22(13-18)25(26)27/h2-14H,16H2,1H3/b21-14-. The number of nitriles is 1. The van der Waals surface area contributed by atoms with Crippen LogP contribution in [0.25, 0.3) is 11.6 Å². The van der Waals surface area contributed by atoms with E-state index in [0.29, 0.717) is 16.9 Å². The Kier molecular flexibility index (Phi) is 5.83. The zero-order valence-corrected chi connectivity index (χ0v) is 15.3. The lowest BCUT2D eigenvalue weighted by molar-refractivity contribution is -0.384. The van der Waals surface area contributed by atoms with Crippen LogP contribution < -0.4 is 4.74 Å². The highest BCUT2D eigenvalue weighted by molar-refractivity contribution is 5.90. The number of ether oxygens (including phenoxy) is 1. The van der Waals surface area contributed by atoms with Crippen LogP contribution in [0.15, 0.2) is 72.8 Å². The molecule has 0 radical (unpaired) electrons. The number of para-hydroxylation sites is 1. The molecule has 0 aliphatic carbocycles. The van der Waals surface area contributed by atoms with Crippen LogP contribution in [0.5, 0.6) is 5.75 Å². The second kappa shape index (κ2) is 8.65. The SMILES string of the molecule is Cc1ccc(/C(C#N)=C\c2ccccc2OCc2cccc([N+](=O)[O-])c2)cc1. The van der Waals surface area contributed by atoms with E-state index in [9.17, 15) is 15.4 Å². The summed E-state index contributed by atoms with van der Waals surface area (Å²) in [7, 11) is 0. The summed E-state index contributed by atoms with van der Waals surface area (Å²) in [6.07, 6.45) is 1.79. The van der Waals surface area contributed by atoms with Crippen molar-refractivity contribution in [2.24, 2.45) is 0 Å². The highest BCUT2D eigenvalue weighted by atomic mass is 16.6. The van der Waals surface area contributed by atoms with Crippen molar-refractivity contribution in [3.05, 3.63) is 105 Å². The molecule has 138 valence electrons. The van der Waals surface area contributed by atoms with Crippen molar-refractivity contribution >= 4 is 17.3 Å². The first-order valence-corrected chi connectivity index (χ1v) is 8.71. The van der Waals surface area contributed by atoms with E-state index in [4.69, 9.17) is 4.74 Å². The van der Waals surface area contributed by atoms with E-state index < -0.39 is 4.92 Å². The number of nitrogens with zero attached hydrogens (tertiary/aromatic N) is 2. The Balaban J connectivity index is 1.85. The maximum atomic E-state index is 10.9. The summed E-state index contributed by atoms with van der Waals surface area (Å²) in [5.41, 5.74) is 3.99. The molecule has 3 rings (SSSR count). The van der Waals surface area contributed by atoms with E-state index in [1.807, 2.05) is 55.5 Å². The Morgan fingerprint density at radius 1 is 1.11 bits per heavy atom. The zero-order valence-electron chi connectivity index (χ0n) is 15.3. The molecule has 0 aliphatic heterocycles. The third kappa shape index (κ3) is 4.63. The molecule has 28 heavy (non-hydrogen) atoms. The van der Waals surface area contributed by atoms with E-state index >= 15 is 0 Å². The van der Waals surface area contributed by atoms with Gasteiger partial charge >= 0.3 is 0 Å². The molecule has 0 aliphatic rings. The molecule has 0 amide bonds. The Morgan fingerprint density at radius 3 is 2.57 bits per heavy atom. The van der Waals surface area contributed by atoms with Crippen molar-refractivity contribution in [1.29, 1.82) is 5.26 Å². The van der Waals surface area contributed by atoms with E-state index in [2.05, 4.69) is 6.07 Å². The predicted octanol–water partition coefficient (Wildman–Crippen LogP) is 5.55. The van der Waals surface area contributed by atoms with Crippen molar-refractivity contribution in [1.82, 2.24) is 0 Å². The number of benzene rings is 3. The van der Waals surface area contributed by atoms with E-state index in [1.165, 1.54) is 12.1 Å². The Hall–Kier alpha value is -3.91. The van der Waals surface area contributed by atoms with Crippen LogP contribution in [0.1, 0.15) is 22.3 Å². The van der Waals surface area contributed by atoms with Gasteiger partial charge in [0, 0.05) is 17.7 Å². The predicted molar refractivity (Wildman–Crippen MR) is 109 cm³/mol. The van der Waals surface area contributed by atoms with Crippen molar-refractivity contribution in [2.45, 2.75) is 13.5 Å². The van der Waals surface area contributed by atoms with Gasteiger partial charge in [-0.25, -0.2) is 0 Å². The van der Waals surface area contributed by atoms with Gasteiger partial charge in [-0.3, -0.25) is 10.1 Å². The Bertz CT molecular complexity index is 1060. The summed E-state index contributed by atoms with van der Waals surface area (Å²) in [5, 5.41) is 20.5. The zero-order chi connectivity index (χ0) is 19.9. The molecule has 0 saturated heterocycles. The number of hydrogen-bond donors (Lipinski definition) is 0. The highest BCUT2D eigenvalue weighted by Gasteiger charge is 2.08. The van der Waals surface area contributed by atoms with Crippen LogP contribution in [0, 0.1) is 28.4 Å². The summed E-state index contributed by atoms with van der Waals surface area (Å²) in [6, 6.07) is 23.7. The summed E-state index contributed by atoms with van der Waals surface area (Å²) < 4.78 is 5.88. The van der Waals surface area contributed by atoms with Gasteiger partial charge in [-0.2, -0.15) is 5.26 Å². The fraction of sp³-hybridized carbons (Fsp3) is 0.0870. The normalized spacial score (nSPS) is 10.9. The summed E-state index contributed by atoms with van der Waals surface area (Å²) in [6.45, 7) is 2.19. The molecule has 0 fully saturated rings. The lowest BCUT2D eigenvalue weighted by Gasteiger charge is -2.10. The number of nitro benzene ring substituents is 1. The fourth-order valence-corrected chi connectivity index (χ4v) is 2.72. The van der Waals surface area contributed by atoms with Crippen LogP contribution in [-0.2, 0) is 6.61 Å². The molecule has 3 aromatic carbocycles. The molecular weight excluding hydrogens is 352 g/mol. The number of allylic oxidation sites excluding steroid dienone is 1. The van der Waals surface area contributed by atoms with Gasteiger partial charge in [-0.15, -0.1) is 0 Å². The molecule has 0 heterocycles. The molecule has 0 atom stereocenters. The molecule has 0 aromatic heterocycles. The number of aryl methyl sites for hydroxylation is 1. The van der Waals surface area contributed by atoms with Gasteiger partial charge in [0.2, 0.25) is 0 Å². The monoisotopic (exact) mass is 370 g/mol. The number of rotatable bonds is 6. The minimum Gasteiger partial charge on any atom is -0.488 e. The smallest absolute Gasteiger partial charge is 0.269 e. The van der Waals surface area contributed by atoms with E-state index in [1.54, 1.807) is 18.2 Å². The molecule has 0 bridgehead atoms.